The second-order valence-corrected chi connectivity index (χ2v) is 12.0. The number of hydrogen-bond acceptors (Lipinski definition) is 5. The van der Waals surface area contributed by atoms with E-state index in [1.54, 1.807) is 34.1 Å². The van der Waals surface area contributed by atoms with E-state index < -0.39 is 0 Å². The highest BCUT2D eigenvalue weighted by atomic mass is 32.2. The van der Waals surface area contributed by atoms with E-state index in [1.165, 1.54) is 23.9 Å². The molecule has 1 atom stereocenters. The van der Waals surface area contributed by atoms with Crippen molar-refractivity contribution in [3.05, 3.63) is 107 Å². The van der Waals surface area contributed by atoms with Gasteiger partial charge >= 0.3 is 0 Å². The Balaban J connectivity index is 1.65. The van der Waals surface area contributed by atoms with Crippen molar-refractivity contribution in [3.63, 3.8) is 0 Å². The van der Waals surface area contributed by atoms with E-state index >= 15 is 0 Å². The number of carbonyl (C=O) groups excluding carboxylic acids is 2. The van der Waals surface area contributed by atoms with Crippen LogP contribution >= 0.6 is 11.8 Å². The van der Waals surface area contributed by atoms with Crippen LogP contribution in [-0.2, 0) is 21.5 Å². The minimum atomic E-state index is -0.375. The molecule has 1 unspecified atom stereocenters. The summed E-state index contributed by atoms with van der Waals surface area (Å²) in [6.07, 6.45) is 3.37. The predicted octanol–water partition coefficient (Wildman–Crippen LogP) is 5.50. The lowest BCUT2D eigenvalue weighted by molar-refractivity contribution is -0.123. The molecular weight excluding hydrogens is 525 g/mol. The van der Waals surface area contributed by atoms with Crippen molar-refractivity contribution in [2.45, 2.75) is 44.9 Å². The van der Waals surface area contributed by atoms with E-state index in [-0.39, 0.29) is 40.6 Å². The van der Waals surface area contributed by atoms with E-state index in [1.807, 2.05) is 43.3 Å². The zero-order valence-corrected chi connectivity index (χ0v) is 23.8. The Bertz CT molecular complexity index is 1530. The molecule has 2 amide bonds. The summed E-state index contributed by atoms with van der Waals surface area (Å²) in [6.45, 7) is 8.39. The number of carbonyl (C=O) groups is 2. The molecule has 1 aliphatic rings. The van der Waals surface area contributed by atoms with Crippen molar-refractivity contribution >= 4 is 29.4 Å². The number of thioether (sulfide) groups is 1. The molecule has 3 heterocycles. The largest absolute Gasteiger partial charge is 0.350 e. The summed E-state index contributed by atoms with van der Waals surface area (Å²) in [5.74, 6) is -0.0814. The van der Waals surface area contributed by atoms with Crippen LogP contribution in [0.15, 0.2) is 73.1 Å². The van der Waals surface area contributed by atoms with Crippen LogP contribution in [0, 0.1) is 12.7 Å². The predicted molar refractivity (Wildman–Crippen MR) is 156 cm³/mol. The molecule has 2 aromatic carbocycles. The first-order chi connectivity index (χ1) is 19.1. The molecule has 5 rings (SSSR count). The average molecular weight is 558 g/mol. The summed E-state index contributed by atoms with van der Waals surface area (Å²) in [6, 6.07) is 18.0. The summed E-state index contributed by atoms with van der Waals surface area (Å²) < 4.78 is 15.7. The maximum absolute atomic E-state index is 13.9. The summed E-state index contributed by atoms with van der Waals surface area (Å²) >= 11 is 1.47. The summed E-state index contributed by atoms with van der Waals surface area (Å²) in [4.78, 5) is 32.6. The summed E-state index contributed by atoms with van der Waals surface area (Å²) in [5.41, 5.74) is 4.88. The molecule has 1 N–H and O–H groups in total. The zero-order chi connectivity index (χ0) is 28.4. The van der Waals surface area contributed by atoms with Crippen LogP contribution in [0.4, 0.5) is 10.2 Å². The number of anilines is 1. The molecule has 7 nitrogen and oxygen atoms in total. The highest BCUT2D eigenvalue weighted by Gasteiger charge is 2.39. The number of halogens is 1. The topological polar surface area (TPSA) is 80.1 Å². The van der Waals surface area contributed by atoms with E-state index in [0.717, 1.165) is 33.6 Å². The number of fused-ring (bicyclic) bond motifs is 1. The quantitative estimate of drug-likeness (QED) is 0.339. The Morgan fingerprint density at radius 2 is 1.90 bits per heavy atom. The average Bonchev–Trinajstić information content (AvgIpc) is 3.27. The molecule has 0 aliphatic carbocycles. The highest BCUT2D eigenvalue weighted by Crippen LogP contribution is 2.48. The lowest BCUT2D eigenvalue weighted by Crippen LogP contribution is -2.42. The minimum Gasteiger partial charge on any atom is -0.350 e. The molecule has 206 valence electrons. The van der Waals surface area contributed by atoms with Gasteiger partial charge in [-0.25, -0.2) is 9.07 Å². The van der Waals surface area contributed by atoms with Crippen molar-refractivity contribution in [3.8, 4) is 5.69 Å². The van der Waals surface area contributed by atoms with Gasteiger partial charge in [0.2, 0.25) is 11.8 Å². The van der Waals surface area contributed by atoms with E-state index in [4.69, 9.17) is 5.10 Å². The number of nitrogens with zero attached hydrogens (tertiary/aromatic N) is 4. The van der Waals surface area contributed by atoms with Crippen molar-refractivity contribution in [1.82, 2.24) is 20.1 Å². The number of rotatable bonds is 6. The smallest absolute Gasteiger partial charge is 0.240 e. The van der Waals surface area contributed by atoms with E-state index in [2.05, 4.69) is 31.1 Å². The number of amides is 2. The fourth-order valence-electron chi connectivity index (χ4n) is 4.82. The number of aromatic nitrogens is 3. The molecule has 0 bridgehead atoms. The van der Waals surface area contributed by atoms with Crippen LogP contribution in [0.25, 0.3) is 5.69 Å². The molecule has 0 saturated carbocycles. The second kappa shape index (κ2) is 11.3. The van der Waals surface area contributed by atoms with Gasteiger partial charge in [-0.05, 0) is 53.9 Å². The van der Waals surface area contributed by atoms with Gasteiger partial charge in [-0.3, -0.25) is 19.5 Å². The van der Waals surface area contributed by atoms with E-state index in [0.29, 0.717) is 12.4 Å². The van der Waals surface area contributed by atoms with Gasteiger partial charge in [0.15, 0.2) is 0 Å². The third-order valence-corrected chi connectivity index (χ3v) is 7.99. The second-order valence-electron chi connectivity index (χ2n) is 10.9. The molecular formula is C31H32FN5O2S. The summed E-state index contributed by atoms with van der Waals surface area (Å²) in [5, 5.41) is 7.73. The molecule has 1 aliphatic heterocycles. The SMILES string of the molecule is Cc1cccc(-n2nc(C(C)(C)C)c3c2N(CC(=O)NCc2cccnc2)C(=O)CSC3c2ccc(F)cc2)c1. The third-order valence-electron chi connectivity index (χ3n) is 6.73. The molecule has 0 radical (unpaired) electrons. The molecule has 0 spiro atoms. The van der Waals surface area contributed by atoms with Gasteiger partial charge in [-0.1, -0.05) is 51.1 Å². The fraction of sp³-hybridized carbons (Fsp3) is 0.290. The number of aryl methyl sites for hydroxylation is 1. The monoisotopic (exact) mass is 557 g/mol. The Labute approximate surface area is 237 Å². The lowest BCUT2D eigenvalue weighted by atomic mass is 9.87. The lowest BCUT2D eigenvalue weighted by Gasteiger charge is -2.24. The van der Waals surface area contributed by atoms with Crippen LogP contribution in [0.3, 0.4) is 0 Å². The van der Waals surface area contributed by atoms with Gasteiger partial charge < -0.3 is 5.32 Å². The molecule has 40 heavy (non-hydrogen) atoms. The Morgan fingerprint density at radius 1 is 1.12 bits per heavy atom. The number of pyridine rings is 1. The van der Waals surface area contributed by atoms with Crippen LogP contribution in [0.5, 0.6) is 0 Å². The van der Waals surface area contributed by atoms with Crippen LogP contribution in [0.1, 0.15) is 54.0 Å². The fourth-order valence-corrected chi connectivity index (χ4v) is 6.01. The first-order valence-electron chi connectivity index (χ1n) is 13.2. The summed E-state index contributed by atoms with van der Waals surface area (Å²) in [7, 11) is 0. The maximum Gasteiger partial charge on any atom is 0.240 e. The minimum absolute atomic E-state index is 0.157. The van der Waals surface area contributed by atoms with Crippen LogP contribution < -0.4 is 10.2 Å². The zero-order valence-electron chi connectivity index (χ0n) is 23.0. The third kappa shape index (κ3) is 5.79. The Hall–Kier alpha value is -3.98. The number of hydrogen-bond donors (Lipinski definition) is 1. The number of benzene rings is 2. The molecule has 9 heteroatoms. The van der Waals surface area contributed by atoms with Crippen molar-refractivity contribution in [2.24, 2.45) is 0 Å². The van der Waals surface area contributed by atoms with Crippen molar-refractivity contribution in [1.29, 1.82) is 0 Å². The van der Waals surface area contributed by atoms with Crippen LogP contribution in [0.2, 0.25) is 0 Å². The van der Waals surface area contributed by atoms with Gasteiger partial charge in [0, 0.05) is 29.9 Å². The van der Waals surface area contributed by atoms with E-state index in [9.17, 15) is 14.0 Å². The molecule has 4 aromatic rings. The van der Waals surface area contributed by atoms with Gasteiger partial charge in [-0.15, -0.1) is 11.8 Å². The number of nitrogens with one attached hydrogen (secondary N) is 1. The first-order valence-corrected chi connectivity index (χ1v) is 14.2. The van der Waals surface area contributed by atoms with Gasteiger partial charge in [0.05, 0.1) is 22.4 Å². The Morgan fingerprint density at radius 3 is 2.58 bits per heavy atom. The van der Waals surface area contributed by atoms with Gasteiger partial charge in [-0.2, -0.15) is 5.10 Å². The molecule has 2 aromatic heterocycles. The molecule has 0 saturated heterocycles. The first kappa shape index (κ1) is 27.6. The molecule has 0 fully saturated rings. The standard InChI is InChI=1S/C31H32FN5O2S/c1-20-7-5-9-24(15-20)37-30-27(29(35-37)31(2,3)4)28(22-10-12-23(32)13-11-22)40-19-26(39)36(30)18-25(38)34-17-21-8-6-14-33-16-21/h5-16,28H,17-19H2,1-4H3,(H,34,38). The maximum atomic E-state index is 13.9. The van der Waals surface area contributed by atoms with Crippen LogP contribution in [-0.4, -0.2) is 38.9 Å². The normalized spacial score (nSPS) is 15.5. The highest BCUT2D eigenvalue weighted by molar-refractivity contribution is 8.00. The van der Waals surface area contributed by atoms with Crippen molar-refractivity contribution < 1.29 is 14.0 Å². The Kier molecular flexibility index (Phi) is 7.76. The van der Waals surface area contributed by atoms with Gasteiger partial charge in [0.1, 0.15) is 18.2 Å². The van der Waals surface area contributed by atoms with Gasteiger partial charge in [0.25, 0.3) is 0 Å². The van der Waals surface area contributed by atoms with Crippen molar-refractivity contribution in [2.75, 3.05) is 17.2 Å².